The fourth-order valence-electron chi connectivity index (χ4n) is 4.02. The highest BCUT2D eigenvalue weighted by molar-refractivity contribution is 5.74. The molecule has 2 aromatic rings. The Morgan fingerprint density at radius 3 is 2.23 bits per heavy atom. The quantitative estimate of drug-likeness (QED) is 0.665. The van der Waals surface area contributed by atoms with E-state index < -0.39 is 0 Å². The van der Waals surface area contributed by atoms with Crippen molar-refractivity contribution in [2.45, 2.75) is 64.8 Å². The van der Waals surface area contributed by atoms with Gasteiger partial charge in [0, 0.05) is 11.8 Å². The number of ether oxygens (including phenoxy) is 1. The molecular weight excluding hydrogens is 324 g/mol. The smallest absolute Gasteiger partial charge is 0.221 e. The summed E-state index contributed by atoms with van der Waals surface area (Å²) in [5.74, 6) is 0.579. The van der Waals surface area contributed by atoms with Gasteiger partial charge >= 0.3 is 0 Å². The van der Waals surface area contributed by atoms with E-state index in [0.29, 0.717) is 5.88 Å². The standard InChI is InChI=1S/C22H28N2O2/c1-14-9-18-19(22(4,5)8-7-21(18,2)3)11-16(14)17-10-15(13-24-25)12-23-20(17)26-6/h9-12H,7-8,13H2,1-6H3. The minimum absolute atomic E-state index is 0.118. The number of fused-ring (bicyclic) bond motifs is 1. The number of rotatable bonds is 4. The lowest BCUT2D eigenvalue weighted by atomic mass is 9.62. The summed E-state index contributed by atoms with van der Waals surface area (Å²) in [7, 11) is 1.63. The van der Waals surface area contributed by atoms with Gasteiger partial charge in [0.05, 0.1) is 7.11 Å². The van der Waals surface area contributed by atoms with E-state index in [4.69, 9.17) is 4.74 Å². The molecule has 0 fully saturated rings. The molecule has 26 heavy (non-hydrogen) atoms. The van der Waals surface area contributed by atoms with Gasteiger partial charge in [0.2, 0.25) is 5.88 Å². The third kappa shape index (κ3) is 3.13. The zero-order valence-corrected chi connectivity index (χ0v) is 16.6. The lowest BCUT2D eigenvalue weighted by molar-refractivity contribution is 0.332. The van der Waals surface area contributed by atoms with Crippen LogP contribution in [-0.4, -0.2) is 12.1 Å². The maximum atomic E-state index is 10.7. The summed E-state index contributed by atoms with van der Waals surface area (Å²) < 4.78 is 5.51. The van der Waals surface area contributed by atoms with Crippen LogP contribution in [0.3, 0.4) is 0 Å². The van der Waals surface area contributed by atoms with Crippen LogP contribution in [0.2, 0.25) is 0 Å². The fourth-order valence-corrected chi connectivity index (χ4v) is 4.02. The number of nitrogens with zero attached hydrogens (tertiary/aromatic N) is 2. The van der Waals surface area contributed by atoms with Crippen molar-refractivity contribution in [1.82, 2.24) is 4.98 Å². The Morgan fingerprint density at radius 2 is 1.65 bits per heavy atom. The minimum Gasteiger partial charge on any atom is -0.481 e. The first-order valence-corrected chi connectivity index (χ1v) is 9.17. The van der Waals surface area contributed by atoms with Crippen LogP contribution in [-0.2, 0) is 17.4 Å². The Labute approximate surface area is 156 Å². The fraction of sp³-hybridized carbons (Fsp3) is 0.500. The van der Waals surface area contributed by atoms with Crippen LogP contribution in [0, 0.1) is 11.8 Å². The average molecular weight is 352 g/mol. The second-order valence-corrected chi connectivity index (χ2v) is 8.67. The zero-order valence-electron chi connectivity index (χ0n) is 16.6. The minimum atomic E-state index is 0.118. The molecule has 1 aliphatic rings. The molecule has 0 amide bonds. The molecule has 1 aromatic heterocycles. The zero-order chi connectivity index (χ0) is 19.1. The monoisotopic (exact) mass is 352 g/mol. The largest absolute Gasteiger partial charge is 0.481 e. The molecule has 3 rings (SSSR count). The molecule has 4 nitrogen and oxygen atoms in total. The summed E-state index contributed by atoms with van der Waals surface area (Å²) in [5, 5.41) is 3.00. The van der Waals surface area contributed by atoms with Crippen molar-refractivity contribution in [3.63, 3.8) is 0 Å². The number of nitroso groups, excluding NO2 is 1. The van der Waals surface area contributed by atoms with Crippen molar-refractivity contribution in [3.8, 4) is 17.0 Å². The van der Waals surface area contributed by atoms with E-state index in [0.717, 1.165) is 16.7 Å². The van der Waals surface area contributed by atoms with Crippen LogP contribution < -0.4 is 4.74 Å². The molecule has 4 heteroatoms. The Kier molecular flexibility index (Phi) is 4.63. The summed E-state index contributed by atoms with van der Waals surface area (Å²) in [5.41, 5.74) is 7.19. The van der Waals surface area contributed by atoms with Gasteiger partial charge < -0.3 is 4.74 Å². The highest BCUT2D eigenvalue weighted by Crippen LogP contribution is 2.48. The average Bonchev–Trinajstić information content (AvgIpc) is 2.59. The van der Waals surface area contributed by atoms with Crippen molar-refractivity contribution in [2.75, 3.05) is 7.11 Å². The van der Waals surface area contributed by atoms with Gasteiger partial charge in [0.25, 0.3) is 0 Å². The Hall–Kier alpha value is -2.23. The molecule has 138 valence electrons. The SMILES string of the molecule is COc1ncc(CN=O)cc1-c1cc2c(cc1C)C(C)(C)CCC2(C)C. The highest BCUT2D eigenvalue weighted by atomic mass is 16.5. The number of hydrogen-bond acceptors (Lipinski definition) is 4. The van der Waals surface area contributed by atoms with Crippen LogP contribution in [0.15, 0.2) is 29.6 Å². The number of benzene rings is 1. The van der Waals surface area contributed by atoms with Crippen LogP contribution in [0.5, 0.6) is 5.88 Å². The van der Waals surface area contributed by atoms with Gasteiger partial charge in [-0.15, -0.1) is 0 Å². The number of aromatic nitrogens is 1. The van der Waals surface area contributed by atoms with Crippen LogP contribution in [0.4, 0.5) is 0 Å². The molecule has 0 spiro atoms. The van der Waals surface area contributed by atoms with E-state index in [2.05, 4.69) is 56.9 Å². The second-order valence-electron chi connectivity index (χ2n) is 8.67. The lowest BCUT2D eigenvalue weighted by Crippen LogP contribution is -2.34. The first-order chi connectivity index (χ1) is 12.2. The van der Waals surface area contributed by atoms with Crippen molar-refractivity contribution in [2.24, 2.45) is 5.18 Å². The molecule has 1 aliphatic carbocycles. The van der Waals surface area contributed by atoms with Gasteiger partial charge in [0.1, 0.15) is 6.54 Å². The van der Waals surface area contributed by atoms with Gasteiger partial charge in [-0.05, 0) is 70.5 Å². The van der Waals surface area contributed by atoms with Gasteiger partial charge in [-0.2, -0.15) is 4.91 Å². The number of hydrogen-bond donors (Lipinski definition) is 0. The number of aryl methyl sites for hydroxylation is 1. The summed E-state index contributed by atoms with van der Waals surface area (Å²) in [6, 6.07) is 6.61. The van der Waals surface area contributed by atoms with Crippen molar-refractivity contribution < 1.29 is 4.74 Å². The Morgan fingerprint density at radius 1 is 1.04 bits per heavy atom. The summed E-state index contributed by atoms with van der Waals surface area (Å²) in [6.07, 6.45) is 4.02. The lowest BCUT2D eigenvalue weighted by Gasteiger charge is -2.42. The molecule has 0 radical (unpaired) electrons. The van der Waals surface area contributed by atoms with Gasteiger partial charge in [-0.25, -0.2) is 4.98 Å². The molecule has 0 atom stereocenters. The molecule has 1 aromatic carbocycles. The molecule has 0 saturated heterocycles. The Bertz CT molecular complexity index is 853. The van der Waals surface area contributed by atoms with E-state index >= 15 is 0 Å². The van der Waals surface area contributed by atoms with Gasteiger partial charge in [-0.3, -0.25) is 0 Å². The van der Waals surface area contributed by atoms with Crippen LogP contribution in [0.25, 0.3) is 11.1 Å². The molecule has 0 bridgehead atoms. The normalized spacial score (nSPS) is 17.5. The van der Waals surface area contributed by atoms with E-state index in [1.807, 2.05) is 6.07 Å². The third-order valence-electron chi connectivity index (χ3n) is 5.84. The van der Waals surface area contributed by atoms with Crippen molar-refractivity contribution in [1.29, 1.82) is 0 Å². The van der Waals surface area contributed by atoms with E-state index in [9.17, 15) is 4.91 Å². The number of methoxy groups -OCH3 is 1. The first-order valence-electron chi connectivity index (χ1n) is 9.17. The maximum absolute atomic E-state index is 10.7. The summed E-state index contributed by atoms with van der Waals surface area (Å²) in [6.45, 7) is 11.6. The van der Waals surface area contributed by atoms with Crippen molar-refractivity contribution in [3.05, 3.63) is 51.6 Å². The van der Waals surface area contributed by atoms with E-state index in [1.165, 1.54) is 29.5 Å². The topological polar surface area (TPSA) is 51.6 Å². The highest BCUT2D eigenvalue weighted by Gasteiger charge is 2.37. The summed E-state index contributed by atoms with van der Waals surface area (Å²) >= 11 is 0. The van der Waals surface area contributed by atoms with Gasteiger partial charge in [0.15, 0.2) is 0 Å². The van der Waals surface area contributed by atoms with Gasteiger partial charge in [-0.1, -0.05) is 38.9 Å². The Balaban J connectivity index is 2.25. The van der Waals surface area contributed by atoms with Crippen LogP contribution in [0.1, 0.15) is 62.8 Å². The number of pyridine rings is 1. The predicted molar refractivity (Wildman–Crippen MR) is 106 cm³/mol. The first kappa shape index (κ1) is 18.6. The molecule has 0 N–H and O–H groups in total. The molecule has 1 heterocycles. The van der Waals surface area contributed by atoms with E-state index in [1.54, 1.807) is 13.3 Å². The third-order valence-corrected chi connectivity index (χ3v) is 5.84. The summed E-state index contributed by atoms with van der Waals surface area (Å²) in [4.78, 5) is 15.1. The van der Waals surface area contributed by atoms with E-state index in [-0.39, 0.29) is 17.4 Å². The second kappa shape index (κ2) is 6.49. The van der Waals surface area contributed by atoms with Crippen molar-refractivity contribution >= 4 is 0 Å². The predicted octanol–water partition coefficient (Wildman–Crippen LogP) is 5.68. The molecule has 0 unspecified atom stereocenters. The molecular formula is C22H28N2O2. The molecule has 0 aliphatic heterocycles. The van der Waals surface area contributed by atoms with Crippen LogP contribution >= 0.6 is 0 Å². The maximum Gasteiger partial charge on any atom is 0.221 e. The molecule has 0 saturated carbocycles.